The van der Waals surface area contributed by atoms with E-state index in [9.17, 15) is 19.2 Å². The molecule has 0 unspecified atom stereocenters. The molecule has 0 saturated carbocycles. The maximum Gasteiger partial charge on any atom is 0.190 e. The lowest BCUT2D eigenvalue weighted by molar-refractivity contribution is -0.158. The average Bonchev–Trinajstić information content (AvgIpc) is 3.04. The molecule has 27 heavy (non-hydrogen) atoms. The smallest absolute Gasteiger partial charge is 0.190 e. The third kappa shape index (κ3) is 4.12. The van der Waals surface area contributed by atoms with Gasteiger partial charge in [0.25, 0.3) is 0 Å². The first-order valence-electron chi connectivity index (χ1n) is 9.00. The van der Waals surface area contributed by atoms with Gasteiger partial charge >= 0.3 is 0 Å². The Balaban J connectivity index is 1.81. The molecule has 0 N–H and O–H groups in total. The Labute approximate surface area is 157 Å². The van der Waals surface area contributed by atoms with Crippen LogP contribution in [0.4, 0.5) is 0 Å². The molecule has 0 aromatic heterocycles. The first kappa shape index (κ1) is 19.3. The molecule has 0 atom stereocenters. The molecule has 1 saturated heterocycles. The lowest BCUT2D eigenvalue weighted by Crippen LogP contribution is -2.29. The Morgan fingerprint density at radius 2 is 1.56 bits per heavy atom. The van der Waals surface area contributed by atoms with Gasteiger partial charge in [0.05, 0.1) is 19.6 Å². The zero-order valence-electron chi connectivity index (χ0n) is 15.5. The summed E-state index contributed by atoms with van der Waals surface area (Å²) in [6, 6.07) is 6.57. The first-order valence-corrected chi connectivity index (χ1v) is 9.00. The molecule has 6 heteroatoms. The maximum atomic E-state index is 12.9. The van der Waals surface area contributed by atoms with E-state index in [1.165, 1.54) is 6.92 Å². The summed E-state index contributed by atoms with van der Waals surface area (Å²) in [7, 11) is 0. The topological polar surface area (TPSA) is 86.7 Å². The van der Waals surface area contributed by atoms with E-state index in [0.29, 0.717) is 24.3 Å². The van der Waals surface area contributed by atoms with Crippen LogP contribution in [0.2, 0.25) is 0 Å². The molecule has 1 aromatic carbocycles. The molecule has 1 aliphatic carbocycles. The SMILES string of the molecule is CC(=O)CC1=C(CCC(=O)CC2(C)OCCO2)C(=O)c2ccccc2C1=O. The Bertz CT molecular complexity index is 842. The van der Waals surface area contributed by atoms with E-state index in [2.05, 4.69) is 0 Å². The number of fused-ring (bicyclic) bond motifs is 1. The van der Waals surface area contributed by atoms with E-state index < -0.39 is 5.79 Å². The van der Waals surface area contributed by atoms with Crippen LogP contribution in [0.25, 0.3) is 0 Å². The van der Waals surface area contributed by atoms with Gasteiger partial charge in [0.15, 0.2) is 17.4 Å². The van der Waals surface area contributed by atoms with Crippen LogP contribution in [0.5, 0.6) is 0 Å². The quantitative estimate of drug-likeness (QED) is 0.733. The minimum atomic E-state index is -0.924. The number of Topliss-reactive ketones (excluding diaryl/α,β-unsaturated/α-hetero) is 4. The molecule has 1 aliphatic heterocycles. The van der Waals surface area contributed by atoms with Crippen molar-refractivity contribution in [3.05, 3.63) is 46.5 Å². The van der Waals surface area contributed by atoms with Crippen molar-refractivity contribution in [3.63, 3.8) is 0 Å². The highest BCUT2D eigenvalue weighted by Crippen LogP contribution is 2.31. The third-order valence-corrected chi connectivity index (χ3v) is 4.82. The molecular weight excluding hydrogens is 348 g/mol. The van der Waals surface area contributed by atoms with Crippen molar-refractivity contribution in [2.45, 2.75) is 45.3 Å². The van der Waals surface area contributed by atoms with Crippen molar-refractivity contribution in [2.75, 3.05) is 13.2 Å². The summed E-state index contributed by atoms with van der Waals surface area (Å²) in [5.41, 5.74) is 1.11. The van der Waals surface area contributed by atoms with Crippen molar-refractivity contribution >= 4 is 23.1 Å². The minimum Gasteiger partial charge on any atom is -0.347 e. The molecule has 1 fully saturated rings. The molecule has 0 bridgehead atoms. The van der Waals surface area contributed by atoms with Crippen molar-refractivity contribution in [3.8, 4) is 0 Å². The number of rotatable bonds is 7. The van der Waals surface area contributed by atoms with E-state index in [1.54, 1.807) is 31.2 Å². The molecule has 0 spiro atoms. The standard InChI is InChI=1S/C21H22O6/c1-13(22)11-18-17(8-7-14(23)12-21(2)26-9-10-27-21)19(24)15-5-3-4-6-16(15)20(18)25/h3-6H,7-12H2,1-2H3. The number of carbonyl (C=O) groups excluding carboxylic acids is 4. The fourth-order valence-electron chi connectivity index (χ4n) is 3.55. The van der Waals surface area contributed by atoms with Crippen molar-refractivity contribution in [1.82, 2.24) is 0 Å². The van der Waals surface area contributed by atoms with E-state index >= 15 is 0 Å². The van der Waals surface area contributed by atoms with Crippen LogP contribution < -0.4 is 0 Å². The summed E-state index contributed by atoms with van der Waals surface area (Å²) in [6.45, 7) is 3.98. The molecule has 6 nitrogen and oxygen atoms in total. The Morgan fingerprint density at radius 1 is 1.00 bits per heavy atom. The Hall–Kier alpha value is -2.44. The first-order chi connectivity index (χ1) is 12.8. The number of hydrogen-bond donors (Lipinski definition) is 0. The zero-order chi connectivity index (χ0) is 19.6. The van der Waals surface area contributed by atoms with Crippen LogP contribution >= 0.6 is 0 Å². The Morgan fingerprint density at radius 3 is 2.11 bits per heavy atom. The average molecular weight is 370 g/mol. The number of ketones is 4. The van der Waals surface area contributed by atoms with E-state index in [1.807, 2.05) is 0 Å². The lowest BCUT2D eigenvalue weighted by atomic mass is 9.80. The second kappa shape index (κ2) is 7.66. The van der Waals surface area contributed by atoms with Gasteiger partial charge in [0.1, 0.15) is 11.6 Å². The predicted molar refractivity (Wildman–Crippen MR) is 96.6 cm³/mol. The van der Waals surface area contributed by atoms with E-state index in [-0.39, 0.29) is 60.0 Å². The van der Waals surface area contributed by atoms with Crippen molar-refractivity contribution in [1.29, 1.82) is 0 Å². The third-order valence-electron chi connectivity index (χ3n) is 4.82. The van der Waals surface area contributed by atoms with Crippen LogP contribution in [0.15, 0.2) is 35.4 Å². The molecular formula is C21H22O6. The number of benzene rings is 1. The van der Waals surface area contributed by atoms with Gasteiger partial charge in [-0.15, -0.1) is 0 Å². The van der Waals surface area contributed by atoms with Crippen LogP contribution in [0.3, 0.4) is 0 Å². The van der Waals surface area contributed by atoms with Gasteiger partial charge in [-0.2, -0.15) is 0 Å². The van der Waals surface area contributed by atoms with Gasteiger partial charge in [-0.05, 0) is 20.3 Å². The van der Waals surface area contributed by atoms with Gasteiger partial charge in [-0.25, -0.2) is 0 Å². The highest BCUT2D eigenvalue weighted by atomic mass is 16.7. The van der Waals surface area contributed by atoms with Gasteiger partial charge in [-0.3, -0.25) is 19.2 Å². The Kier molecular flexibility index (Phi) is 5.48. The number of carbonyl (C=O) groups is 4. The maximum absolute atomic E-state index is 12.9. The number of allylic oxidation sites excluding steroid dienone is 2. The van der Waals surface area contributed by atoms with E-state index in [0.717, 1.165) is 0 Å². The highest BCUT2D eigenvalue weighted by Gasteiger charge is 2.35. The van der Waals surface area contributed by atoms with Crippen LogP contribution in [-0.4, -0.2) is 42.1 Å². The van der Waals surface area contributed by atoms with E-state index in [4.69, 9.17) is 9.47 Å². The lowest BCUT2D eigenvalue weighted by Gasteiger charge is -2.22. The molecule has 3 rings (SSSR count). The summed E-state index contributed by atoms with van der Waals surface area (Å²) < 4.78 is 10.9. The monoisotopic (exact) mass is 370 g/mol. The minimum absolute atomic E-state index is 0.0836. The van der Waals surface area contributed by atoms with Gasteiger partial charge in [0, 0.05) is 35.1 Å². The fourth-order valence-corrected chi connectivity index (χ4v) is 3.55. The van der Waals surface area contributed by atoms with Gasteiger partial charge in [0.2, 0.25) is 0 Å². The normalized spacial score (nSPS) is 18.6. The zero-order valence-corrected chi connectivity index (χ0v) is 15.5. The number of ether oxygens (including phenoxy) is 2. The molecule has 1 heterocycles. The molecule has 2 aliphatic rings. The number of hydrogen-bond acceptors (Lipinski definition) is 6. The molecule has 0 radical (unpaired) electrons. The van der Waals surface area contributed by atoms with Gasteiger partial charge in [-0.1, -0.05) is 24.3 Å². The predicted octanol–water partition coefficient (Wildman–Crippen LogP) is 2.84. The molecule has 1 aromatic rings. The summed E-state index contributed by atoms with van der Waals surface area (Å²) in [5, 5.41) is 0. The largest absolute Gasteiger partial charge is 0.347 e. The van der Waals surface area contributed by atoms with Crippen molar-refractivity contribution < 1.29 is 28.7 Å². The fraction of sp³-hybridized carbons (Fsp3) is 0.429. The molecule has 142 valence electrons. The second-order valence-corrected chi connectivity index (χ2v) is 7.09. The summed E-state index contributed by atoms with van der Waals surface area (Å²) in [6.07, 6.45) is 0.185. The second-order valence-electron chi connectivity index (χ2n) is 7.09. The van der Waals surface area contributed by atoms with Crippen LogP contribution in [-0.2, 0) is 19.1 Å². The highest BCUT2D eigenvalue weighted by molar-refractivity contribution is 6.27. The van der Waals surface area contributed by atoms with Crippen LogP contribution in [0, 0.1) is 0 Å². The summed E-state index contributed by atoms with van der Waals surface area (Å²) in [4.78, 5) is 49.7. The molecule has 0 amide bonds. The van der Waals surface area contributed by atoms with Crippen LogP contribution in [0.1, 0.15) is 60.2 Å². The van der Waals surface area contributed by atoms with Gasteiger partial charge < -0.3 is 9.47 Å². The summed E-state index contributed by atoms with van der Waals surface area (Å²) in [5.74, 6) is -1.83. The summed E-state index contributed by atoms with van der Waals surface area (Å²) >= 11 is 0. The van der Waals surface area contributed by atoms with Crippen molar-refractivity contribution in [2.24, 2.45) is 0 Å².